The number of hydrogen-bond donors (Lipinski definition) is 1. The van der Waals surface area contributed by atoms with Crippen molar-refractivity contribution in [3.8, 4) is 11.5 Å². The van der Waals surface area contributed by atoms with Gasteiger partial charge in [-0.25, -0.2) is 4.39 Å². The fourth-order valence-corrected chi connectivity index (χ4v) is 1.53. The van der Waals surface area contributed by atoms with E-state index in [4.69, 9.17) is 5.11 Å². The number of halogens is 1. The van der Waals surface area contributed by atoms with E-state index >= 15 is 0 Å². The van der Waals surface area contributed by atoms with E-state index in [1.54, 1.807) is 12.1 Å². The van der Waals surface area contributed by atoms with Gasteiger partial charge in [0.05, 0.1) is 6.61 Å². The van der Waals surface area contributed by atoms with Crippen molar-refractivity contribution in [1.82, 2.24) is 0 Å². The number of aliphatic hydroxyl groups is 1. The molecule has 1 aromatic rings. The smallest absolute Gasteiger partial charge is 0.129 e. The van der Waals surface area contributed by atoms with Crippen LogP contribution in [0.5, 0.6) is 0 Å². The summed E-state index contributed by atoms with van der Waals surface area (Å²) in [7, 11) is -1.41. The maximum Gasteiger partial charge on any atom is 0.129 e. The summed E-state index contributed by atoms with van der Waals surface area (Å²) < 4.78 is 13.3. The van der Waals surface area contributed by atoms with Gasteiger partial charge in [-0.2, -0.15) is 0 Å². The summed E-state index contributed by atoms with van der Waals surface area (Å²) in [6.07, 6.45) is 0. The Morgan fingerprint density at radius 1 is 1.33 bits per heavy atom. The van der Waals surface area contributed by atoms with Crippen LogP contribution in [0.4, 0.5) is 4.39 Å². The van der Waals surface area contributed by atoms with Gasteiger partial charge in [0.1, 0.15) is 13.9 Å². The predicted molar refractivity (Wildman–Crippen MR) is 62.5 cm³/mol. The molecule has 0 aliphatic carbocycles. The molecule has 0 spiro atoms. The first-order valence-electron chi connectivity index (χ1n) is 4.85. The molecular weight excluding hydrogens is 207 g/mol. The highest BCUT2D eigenvalue weighted by molar-refractivity contribution is 6.83. The minimum absolute atomic E-state index is 0.270. The lowest BCUT2D eigenvalue weighted by molar-refractivity contribution is 0.275. The van der Waals surface area contributed by atoms with Crippen molar-refractivity contribution < 1.29 is 9.50 Å². The third-order valence-corrected chi connectivity index (χ3v) is 2.68. The van der Waals surface area contributed by atoms with E-state index in [0.717, 1.165) is 0 Å². The zero-order chi connectivity index (χ0) is 11.5. The molecule has 3 heteroatoms. The quantitative estimate of drug-likeness (QED) is 0.572. The minimum Gasteiger partial charge on any atom is -0.392 e. The fraction of sp³-hybridized carbons (Fsp3) is 0.333. The van der Waals surface area contributed by atoms with Gasteiger partial charge in [0.2, 0.25) is 0 Å². The molecule has 0 saturated carbocycles. The molecule has 1 nitrogen and oxygen atoms in total. The summed E-state index contributed by atoms with van der Waals surface area (Å²) in [6, 6.07) is 4.68. The Hall–Kier alpha value is -1.11. The van der Waals surface area contributed by atoms with Crippen LogP contribution in [0.3, 0.4) is 0 Å². The molecule has 0 bridgehead atoms. The largest absolute Gasteiger partial charge is 0.392 e. The Kier molecular flexibility index (Phi) is 3.67. The monoisotopic (exact) mass is 222 g/mol. The van der Waals surface area contributed by atoms with Crippen LogP contribution in [0.2, 0.25) is 19.6 Å². The highest BCUT2D eigenvalue weighted by Crippen LogP contribution is 2.10. The Balaban J connectivity index is 2.97. The molecule has 1 rings (SSSR count). The molecule has 1 aromatic carbocycles. The van der Waals surface area contributed by atoms with Gasteiger partial charge in [0, 0.05) is 11.1 Å². The minimum atomic E-state index is -1.41. The molecule has 1 N–H and O–H groups in total. The van der Waals surface area contributed by atoms with E-state index in [1.807, 2.05) is 0 Å². The first-order chi connectivity index (χ1) is 6.92. The van der Waals surface area contributed by atoms with Crippen molar-refractivity contribution in [3.05, 3.63) is 35.1 Å². The maximum absolute atomic E-state index is 13.3. The van der Waals surface area contributed by atoms with Crippen molar-refractivity contribution in [3.63, 3.8) is 0 Å². The third-order valence-electron chi connectivity index (χ3n) is 1.81. The van der Waals surface area contributed by atoms with Crippen molar-refractivity contribution >= 4 is 8.07 Å². The van der Waals surface area contributed by atoms with Crippen LogP contribution in [-0.2, 0) is 6.61 Å². The second-order valence-electron chi connectivity index (χ2n) is 4.46. The zero-order valence-electron chi connectivity index (χ0n) is 9.26. The molecule has 0 fully saturated rings. The summed E-state index contributed by atoms with van der Waals surface area (Å²) in [4.78, 5) is 0. The molecule has 0 heterocycles. The van der Waals surface area contributed by atoms with E-state index in [2.05, 4.69) is 31.1 Å². The standard InChI is InChI=1S/C12H15FOSi/c1-15(2,3)7-6-10-4-5-11(9-14)12(13)8-10/h4-5,8,14H,9H2,1-3H3. The van der Waals surface area contributed by atoms with E-state index in [-0.39, 0.29) is 12.4 Å². The highest BCUT2D eigenvalue weighted by atomic mass is 28.3. The van der Waals surface area contributed by atoms with Crippen LogP contribution >= 0.6 is 0 Å². The van der Waals surface area contributed by atoms with Crippen LogP contribution in [0.25, 0.3) is 0 Å². The third kappa shape index (κ3) is 3.86. The summed E-state index contributed by atoms with van der Waals surface area (Å²) >= 11 is 0. The lowest BCUT2D eigenvalue weighted by atomic mass is 10.1. The average Bonchev–Trinajstić information content (AvgIpc) is 2.14. The lowest BCUT2D eigenvalue weighted by Gasteiger charge is -2.04. The normalized spacial score (nSPS) is 10.7. The molecule has 0 aliphatic rings. The summed E-state index contributed by atoms with van der Waals surface area (Å²) in [5.74, 6) is 2.58. The van der Waals surface area contributed by atoms with Crippen molar-refractivity contribution in [2.45, 2.75) is 26.2 Å². The molecule has 0 amide bonds. The van der Waals surface area contributed by atoms with Gasteiger partial charge in [-0.3, -0.25) is 0 Å². The van der Waals surface area contributed by atoms with Gasteiger partial charge < -0.3 is 5.11 Å². The average molecular weight is 222 g/mol. The van der Waals surface area contributed by atoms with Gasteiger partial charge in [0.15, 0.2) is 0 Å². The maximum atomic E-state index is 13.3. The van der Waals surface area contributed by atoms with E-state index in [0.29, 0.717) is 11.1 Å². The van der Waals surface area contributed by atoms with Gasteiger partial charge in [0.25, 0.3) is 0 Å². The molecule has 0 atom stereocenters. The molecule has 0 aliphatic heterocycles. The van der Waals surface area contributed by atoms with Crippen molar-refractivity contribution in [2.24, 2.45) is 0 Å². The molecular formula is C12H15FOSi. The molecule has 0 aromatic heterocycles. The van der Waals surface area contributed by atoms with Crippen LogP contribution in [0, 0.1) is 17.3 Å². The molecule has 15 heavy (non-hydrogen) atoms. The van der Waals surface area contributed by atoms with Crippen LogP contribution < -0.4 is 0 Å². The Bertz CT molecular complexity index is 410. The molecule has 0 saturated heterocycles. The second kappa shape index (κ2) is 4.60. The van der Waals surface area contributed by atoms with E-state index in [1.165, 1.54) is 6.07 Å². The number of hydrogen-bond acceptors (Lipinski definition) is 1. The SMILES string of the molecule is C[Si](C)(C)C#Cc1ccc(CO)c(F)c1. The first-order valence-corrected chi connectivity index (χ1v) is 8.35. The van der Waals surface area contributed by atoms with Gasteiger partial charge in [-0.1, -0.05) is 31.6 Å². The Morgan fingerprint density at radius 3 is 2.47 bits per heavy atom. The van der Waals surface area contributed by atoms with E-state index in [9.17, 15) is 4.39 Å². The molecule has 0 radical (unpaired) electrons. The van der Waals surface area contributed by atoms with Crippen LogP contribution in [0.15, 0.2) is 18.2 Å². The Labute approximate surface area is 91.0 Å². The fourth-order valence-electron chi connectivity index (χ4n) is 1.01. The number of rotatable bonds is 1. The van der Waals surface area contributed by atoms with Gasteiger partial charge in [-0.15, -0.1) is 5.54 Å². The van der Waals surface area contributed by atoms with Crippen molar-refractivity contribution in [2.75, 3.05) is 0 Å². The number of aliphatic hydroxyl groups excluding tert-OH is 1. The second-order valence-corrected chi connectivity index (χ2v) is 9.21. The van der Waals surface area contributed by atoms with E-state index < -0.39 is 8.07 Å². The Morgan fingerprint density at radius 2 is 2.00 bits per heavy atom. The topological polar surface area (TPSA) is 20.2 Å². The zero-order valence-corrected chi connectivity index (χ0v) is 10.3. The number of benzene rings is 1. The predicted octanol–water partition coefficient (Wildman–Crippen LogP) is 2.55. The van der Waals surface area contributed by atoms with Crippen LogP contribution in [0.1, 0.15) is 11.1 Å². The highest BCUT2D eigenvalue weighted by Gasteiger charge is 2.07. The lowest BCUT2D eigenvalue weighted by Crippen LogP contribution is -2.16. The van der Waals surface area contributed by atoms with Gasteiger partial charge in [-0.05, 0) is 12.1 Å². The summed E-state index contributed by atoms with van der Waals surface area (Å²) in [5.41, 5.74) is 4.15. The first kappa shape index (κ1) is 12.0. The van der Waals surface area contributed by atoms with Gasteiger partial charge >= 0.3 is 0 Å². The molecule has 0 unspecified atom stereocenters. The molecule has 80 valence electrons. The summed E-state index contributed by atoms with van der Waals surface area (Å²) in [5, 5.41) is 8.80. The summed E-state index contributed by atoms with van der Waals surface area (Å²) in [6.45, 7) is 6.14. The van der Waals surface area contributed by atoms with Crippen molar-refractivity contribution in [1.29, 1.82) is 0 Å². The van der Waals surface area contributed by atoms with Crippen LogP contribution in [-0.4, -0.2) is 13.2 Å².